The number of hydrogen-bond acceptors (Lipinski definition) is 2. The number of aromatic nitrogens is 1. The van der Waals surface area contributed by atoms with E-state index in [1.165, 1.54) is 33.1 Å². The van der Waals surface area contributed by atoms with Gasteiger partial charge in [0.2, 0.25) is 0 Å². The number of nitrogens with one attached hydrogen (secondary N) is 1. The van der Waals surface area contributed by atoms with Crippen LogP contribution < -0.4 is 0 Å². The lowest BCUT2D eigenvalue weighted by Gasteiger charge is -1.87. The molecule has 94 valence electrons. The first-order chi connectivity index (χ1) is 9.34. The second kappa shape index (κ2) is 5.16. The summed E-state index contributed by atoms with van der Waals surface area (Å²) in [6, 6.07) is 20.2. The number of H-pyrrole nitrogens is 1. The van der Waals surface area contributed by atoms with E-state index in [9.17, 15) is 0 Å². The molecule has 0 bridgehead atoms. The molecular weight excluding hydrogens is 254 g/mol. The Labute approximate surface area is 115 Å². The lowest BCUT2D eigenvalue weighted by Crippen LogP contribution is -1.62. The average molecular weight is 267 g/mol. The minimum Gasteiger partial charge on any atom is -0.499 e. The van der Waals surface area contributed by atoms with E-state index >= 15 is 0 Å². The molecule has 4 aromatic rings. The predicted molar refractivity (Wildman–Crippen MR) is 81.8 cm³/mol. The Morgan fingerprint density at radius 3 is 1.74 bits per heavy atom. The minimum atomic E-state index is 0.384. The molecule has 2 heterocycles. The molecule has 0 aliphatic rings. The van der Waals surface area contributed by atoms with Crippen LogP contribution >= 0.6 is 11.3 Å². The van der Waals surface area contributed by atoms with Gasteiger partial charge in [0.25, 0.3) is 0 Å². The Balaban J connectivity index is 0.000000155. The molecule has 3 heteroatoms. The zero-order valence-electron chi connectivity index (χ0n) is 10.2. The highest BCUT2D eigenvalue weighted by molar-refractivity contribution is 7.11. The van der Waals surface area contributed by atoms with Gasteiger partial charge in [0.1, 0.15) is 0 Å². The average Bonchev–Trinajstić information content (AvgIpc) is 3.06. The van der Waals surface area contributed by atoms with Crippen molar-refractivity contribution in [3.05, 3.63) is 66.0 Å². The van der Waals surface area contributed by atoms with Crippen LogP contribution in [0.15, 0.2) is 66.0 Å². The summed E-state index contributed by atoms with van der Waals surface area (Å²) in [6.45, 7) is 0. The fourth-order valence-electron chi connectivity index (χ4n) is 2.07. The normalized spacial score (nSPS) is 10.3. The van der Waals surface area contributed by atoms with E-state index in [1.54, 1.807) is 12.1 Å². The standard InChI is InChI=1S/C12H9N.C4H4OS/c1-3-7-11-9(5-1)10-6-2-4-8-12(10)13-11;5-4-2-1-3-6-4/h1-8,13H;1-3,5H. The quantitative estimate of drug-likeness (QED) is 0.473. The van der Waals surface area contributed by atoms with Gasteiger partial charge in [-0.3, -0.25) is 0 Å². The third-order valence-electron chi connectivity index (χ3n) is 2.92. The first-order valence-corrected chi connectivity index (χ1v) is 6.90. The smallest absolute Gasteiger partial charge is 0.171 e. The van der Waals surface area contributed by atoms with Gasteiger partial charge in [-0.25, -0.2) is 0 Å². The van der Waals surface area contributed by atoms with E-state index < -0.39 is 0 Å². The van der Waals surface area contributed by atoms with Gasteiger partial charge in [-0.15, -0.1) is 11.3 Å². The summed E-state index contributed by atoms with van der Waals surface area (Å²) >= 11 is 1.33. The van der Waals surface area contributed by atoms with Crippen LogP contribution in [0.1, 0.15) is 0 Å². The molecular formula is C16H13NOS. The third kappa shape index (κ3) is 2.46. The first kappa shape index (κ1) is 11.8. The highest BCUT2D eigenvalue weighted by Gasteiger charge is 2.00. The van der Waals surface area contributed by atoms with Crippen LogP contribution in [0.5, 0.6) is 5.06 Å². The molecule has 2 N–H and O–H groups in total. The minimum absolute atomic E-state index is 0.384. The van der Waals surface area contributed by atoms with Gasteiger partial charge in [0, 0.05) is 21.8 Å². The van der Waals surface area contributed by atoms with E-state index in [4.69, 9.17) is 5.11 Å². The van der Waals surface area contributed by atoms with Crippen LogP contribution in [0.2, 0.25) is 0 Å². The van der Waals surface area contributed by atoms with E-state index in [-0.39, 0.29) is 0 Å². The molecule has 0 saturated heterocycles. The largest absolute Gasteiger partial charge is 0.499 e. The van der Waals surface area contributed by atoms with Crippen molar-refractivity contribution in [3.8, 4) is 5.06 Å². The Hall–Kier alpha value is -2.26. The van der Waals surface area contributed by atoms with E-state index in [0.717, 1.165) is 0 Å². The van der Waals surface area contributed by atoms with Crippen molar-refractivity contribution in [2.45, 2.75) is 0 Å². The Morgan fingerprint density at radius 2 is 1.32 bits per heavy atom. The van der Waals surface area contributed by atoms with Crippen molar-refractivity contribution < 1.29 is 5.11 Å². The summed E-state index contributed by atoms with van der Waals surface area (Å²) in [5.41, 5.74) is 2.42. The van der Waals surface area contributed by atoms with Crippen LogP contribution in [0.3, 0.4) is 0 Å². The second-order valence-corrected chi connectivity index (χ2v) is 5.09. The van der Waals surface area contributed by atoms with Crippen molar-refractivity contribution >= 4 is 33.1 Å². The van der Waals surface area contributed by atoms with Crippen molar-refractivity contribution in [3.63, 3.8) is 0 Å². The SMILES string of the molecule is Oc1cccs1.c1ccc2c(c1)[nH]c1ccccc12. The summed E-state index contributed by atoms with van der Waals surface area (Å²) < 4.78 is 0. The maximum Gasteiger partial charge on any atom is 0.171 e. The summed E-state index contributed by atoms with van der Waals surface area (Å²) in [6.07, 6.45) is 0. The lowest BCUT2D eigenvalue weighted by atomic mass is 10.2. The van der Waals surface area contributed by atoms with Crippen molar-refractivity contribution in [1.29, 1.82) is 0 Å². The summed E-state index contributed by atoms with van der Waals surface area (Å²) in [7, 11) is 0. The molecule has 0 unspecified atom stereocenters. The Morgan fingerprint density at radius 1 is 0.737 bits per heavy atom. The van der Waals surface area contributed by atoms with Crippen LogP contribution in [-0.2, 0) is 0 Å². The number of fused-ring (bicyclic) bond motifs is 3. The van der Waals surface area contributed by atoms with Crippen molar-refractivity contribution in [1.82, 2.24) is 4.98 Å². The molecule has 4 rings (SSSR count). The highest BCUT2D eigenvalue weighted by atomic mass is 32.1. The highest BCUT2D eigenvalue weighted by Crippen LogP contribution is 2.24. The summed E-state index contributed by atoms with van der Waals surface area (Å²) in [5, 5.41) is 13.3. The maximum atomic E-state index is 8.49. The topological polar surface area (TPSA) is 36.0 Å². The first-order valence-electron chi connectivity index (χ1n) is 6.02. The van der Waals surface area contributed by atoms with Gasteiger partial charge < -0.3 is 10.1 Å². The van der Waals surface area contributed by atoms with E-state index in [1.807, 2.05) is 5.38 Å². The van der Waals surface area contributed by atoms with Crippen LogP contribution in [0, 0.1) is 0 Å². The zero-order chi connectivity index (χ0) is 13.1. The van der Waals surface area contributed by atoms with Gasteiger partial charge in [0.05, 0.1) is 0 Å². The maximum absolute atomic E-state index is 8.49. The molecule has 0 aliphatic heterocycles. The monoisotopic (exact) mass is 267 g/mol. The number of thiophene rings is 1. The molecule has 19 heavy (non-hydrogen) atoms. The number of aromatic hydroxyl groups is 1. The predicted octanol–water partition coefficient (Wildman–Crippen LogP) is 4.77. The van der Waals surface area contributed by atoms with E-state index in [2.05, 4.69) is 53.5 Å². The summed E-state index contributed by atoms with van der Waals surface area (Å²) in [5.74, 6) is 0. The molecule has 0 spiro atoms. The summed E-state index contributed by atoms with van der Waals surface area (Å²) in [4.78, 5) is 3.38. The number of rotatable bonds is 0. The molecule has 0 saturated carbocycles. The van der Waals surface area contributed by atoms with E-state index in [0.29, 0.717) is 5.06 Å². The van der Waals surface area contributed by atoms with Crippen molar-refractivity contribution in [2.75, 3.05) is 0 Å². The fourth-order valence-corrected chi connectivity index (χ4v) is 2.52. The van der Waals surface area contributed by atoms with Crippen LogP contribution in [0.25, 0.3) is 21.8 Å². The molecule has 0 fully saturated rings. The third-order valence-corrected chi connectivity index (χ3v) is 3.59. The van der Waals surface area contributed by atoms with Gasteiger partial charge in [-0.2, -0.15) is 0 Å². The molecule has 2 aromatic heterocycles. The number of benzene rings is 2. The zero-order valence-corrected chi connectivity index (χ0v) is 11.0. The molecule has 0 aliphatic carbocycles. The van der Waals surface area contributed by atoms with Crippen molar-refractivity contribution in [2.24, 2.45) is 0 Å². The number of para-hydroxylation sites is 2. The molecule has 2 aromatic carbocycles. The molecule has 2 nitrogen and oxygen atoms in total. The van der Waals surface area contributed by atoms with Gasteiger partial charge >= 0.3 is 0 Å². The van der Waals surface area contributed by atoms with Crippen LogP contribution in [0.4, 0.5) is 0 Å². The Bertz CT molecular complexity index is 736. The van der Waals surface area contributed by atoms with Gasteiger partial charge in [-0.1, -0.05) is 36.4 Å². The molecule has 0 radical (unpaired) electrons. The number of aromatic amines is 1. The lowest BCUT2D eigenvalue weighted by molar-refractivity contribution is 0.491. The fraction of sp³-hybridized carbons (Fsp3) is 0. The Kier molecular flexibility index (Phi) is 3.21. The molecule has 0 atom stereocenters. The van der Waals surface area contributed by atoms with Gasteiger partial charge in [0.15, 0.2) is 5.06 Å². The number of hydrogen-bond donors (Lipinski definition) is 2. The molecule has 0 amide bonds. The second-order valence-electron chi connectivity index (χ2n) is 4.17. The van der Waals surface area contributed by atoms with Crippen LogP contribution in [-0.4, -0.2) is 10.1 Å². The van der Waals surface area contributed by atoms with Gasteiger partial charge in [-0.05, 0) is 29.6 Å².